The summed E-state index contributed by atoms with van der Waals surface area (Å²) in [6.45, 7) is 5.72. The summed E-state index contributed by atoms with van der Waals surface area (Å²) in [6.07, 6.45) is 1.54. The maximum Gasteiger partial charge on any atom is 0.271 e. The van der Waals surface area contributed by atoms with Gasteiger partial charge in [-0.05, 0) is 24.6 Å². The molecule has 4 rings (SSSR count). The first-order chi connectivity index (χ1) is 13.7. The van der Waals surface area contributed by atoms with Crippen molar-refractivity contribution in [1.82, 2.24) is 20.2 Å². The van der Waals surface area contributed by atoms with E-state index in [0.29, 0.717) is 25.5 Å². The van der Waals surface area contributed by atoms with Crippen molar-refractivity contribution in [3.8, 4) is 0 Å². The smallest absolute Gasteiger partial charge is 0.271 e. The third-order valence-corrected chi connectivity index (χ3v) is 5.09. The van der Waals surface area contributed by atoms with E-state index in [-0.39, 0.29) is 11.9 Å². The van der Waals surface area contributed by atoms with Gasteiger partial charge in [0.2, 0.25) is 0 Å². The molecule has 1 amide bonds. The number of morpholine rings is 1. The number of fused-ring (bicyclic) bond motifs is 1. The molecule has 6 heteroatoms. The van der Waals surface area contributed by atoms with Gasteiger partial charge >= 0.3 is 0 Å². The Morgan fingerprint density at radius 2 is 1.82 bits per heavy atom. The first-order valence-corrected chi connectivity index (χ1v) is 9.59. The lowest BCUT2D eigenvalue weighted by Gasteiger charge is -2.35. The molecule has 0 spiro atoms. The molecular formula is C22H24N4O2. The van der Waals surface area contributed by atoms with Crippen LogP contribution in [0.4, 0.5) is 0 Å². The maximum atomic E-state index is 12.7. The van der Waals surface area contributed by atoms with Crippen LogP contribution in [0, 0.1) is 6.92 Å². The summed E-state index contributed by atoms with van der Waals surface area (Å²) < 4.78 is 5.49. The zero-order valence-corrected chi connectivity index (χ0v) is 16.0. The number of carbonyl (C=O) groups is 1. The Kier molecular flexibility index (Phi) is 5.60. The van der Waals surface area contributed by atoms with Crippen molar-refractivity contribution in [2.75, 3.05) is 32.8 Å². The summed E-state index contributed by atoms with van der Waals surface area (Å²) in [5, 5.41) is 3.05. The van der Waals surface area contributed by atoms with Crippen LogP contribution >= 0.6 is 0 Å². The van der Waals surface area contributed by atoms with E-state index in [9.17, 15) is 4.79 Å². The standard InChI is InChI=1S/C22H24N4O2/c1-16-6-8-17(9-7-16)21(26-10-12-28-13-11-26)15-24-22(27)20-14-23-18-4-2-3-5-19(18)25-20/h2-9,14,21H,10-13,15H2,1H3,(H,24,27)/t21-/m0/s1. The number of aromatic nitrogens is 2. The number of benzene rings is 2. The third kappa shape index (κ3) is 4.18. The topological polar surface area (TPSA) is 67.4 Å². The first-order valence-electron chi connectivity index (χ1n) is 9.59. The quantitative estimate of drug-likeness (QED) is 0.742. The molecule has 3 aromatic rings. The molecule has 1 N–H and O–H groups in total. The molecule has 0 aliphatic carbocycles. The summed E-state index contributed by atoms with van der Waals surface area (Å²) in [7, 11) is 0. The molecule has 2 heterocycles. The Morgan fingerprint density at radius 3 is 2.57 bits per heavy atom. The van der Waals surface area contributed by atoms with Gasteiger partial charge in [-0.3, -0.25) is 14.7 Å². The van der Waals surface area contributed by atoms with Crippen LogP contribution in [0.5, 0.6) is 0 Å². The first kappa shape index (κ1) is 18.5. The summed E-state index contributed by atoms with van der Waals surface area (Å²) in [5.74, 6) is -0.205. The third-order valence-electron chi connectivity index (χ3n) is 5.09. The van der Waals surface area contributed by atoms with Crippen LogP contribution in [0.3, 0.4) is 0 Å². The van der Waals surface area contributed by atoms with E-state index in [0.717, 1.165) is 24.1 Å². The molecule has 1 saturated heterocycles. The van der Waals surface area contributed by atoms with Gasteiger partial charge in [-0.25, -0.2) is 4.98 Å². The Labute approximate surface area is 164 Å². The highest BCUT2D eigenvalue weighted by molar-refractivity contribution is 5.93. The van der Waals surface area contributed by atoms with Gasteiger partial charge < -0.3 is 10.1 Å². The lowest BCUT2D eigenvalue weighted by Crippen LogP contribution is -2.44. The highest BCUT2D eigenvalue weighted by Crippen LogP contribution is 2.22. The molecule has 0 saturated carbocycles. The number of carbonyl (C=O) groups excluding carboxylic acids is 1. The van der Waals surface area contributed by atoms with Crippen molar-refractivity contribution in [1.29, 1.82) is 0 Å². The number of nitrogens with one attached hydrogen (secondary N) is 1. The van der Waals surface area contributed by atoms with Crippen LogP contribution in [-0.2, 0) is 4.74 Å². The number of rotatable bonds is 5. The average Bonchev–Trinajstić information content (AvgIpc) is 2.75. The fourth-order valence-electron chi connectivity index (χ4n) is 3.48. The normalized spacial score (nSPS) is 16.0. The highest BCUT2D eigenvalue weighted by Gasteiger charge is 2.23. The van der Waals surface area contributed by atoms with Gasteiger partial charge in [0.1, 0.15) is 5.69 Å². The van der Waals surface area contributed by atoms with Crippen molar-refractivity contribution >= 4 is 16.9 Å². The van der Waals surface area contributed by atoms with Crippen molar-refractivity contribution in [3.63, 3.8) is 0 Å². The van der Waals surface area contributed by atoms with Crippen LogP contribution in [0.25, 0.3) is 11.0 Å². The second-order valence-electron chi connectivity index (χ2n) is 7.03. The fraction of sp³-hybridized carbons (Fsp3) is 0.318. The minimum Gasteiger partial charge on any atom is -0.379 e. The lowest BCUT2D eigenvalue weighted by molar-refractivity contribution is 0.0162. The van der Waals surface area contributed by atoms with Gasteiger partial charge in [0.25, 0.3) is 5.91 Å². The van der Waals surface area contributed by atoms with E-state index >= 15 is 0 Å². The summed E-state index contributed by atoms with van der Waals surface area (Å²) in [6, 6.07) is 16.1. The monoisotopic (exact) mass is 376 g/mol. The van der Waals surface area contributed by atoms with Crippen LogP contribution in [-0.4, -0.2) is 53.6 Å². The summed E-state index contributed by atoms with van der Waals surface area (Å²) in [4.78, 5) is 23.8. The summed E-state index contributed by atoms with van der Waals surface area (Å²) >= 11 is 0. The van der Waals surface area contributed by atoms with Crippen molar-refractivity contribution in [3.05, 3.63) is 71.5 Å². The van der Waals surface area contributed by atoms with Crippen molar-refractivity contribution in [2.45, 2.75) is 13.0 Å². The molecule has 6 nitrogen and oxygen atoms in total. The minimum atomic E-state index is -0.205. The van der Waals surface area contributed by atoms with Crippen LogP contribution in [0.2, 0.25) is 0 Å². The zero-order chi connectivity index (χ0) is 19.3. The molecule has 1 atom stereocenters. The number of hydrogen-bond acceptors (Lipinski definition) is 5. The lowest BCUT2D eigenvalue weighted by atomic mass is 10.0. The Balaban J connectivity index is 1.50. The number of amides is 1. The Morgan fingerprint density at radius 1 is 1.11 bits per heavy atom. The highest BCUT2D eigenvalue weighted by atomic mass is 16.5. The van der Waals surface area contributed by atoms with E-state index in [2.05, 4.69) is 51.4 Å². The number of aryl methyl sites for hydroxylation is 1. The average molecular weight is 376 g/mol. The second kappa shape index (κ2) is 8.46. The zero-order valence-electron chi connectivity index (χ0n) is 16.0. The van der Waals surface area contributed by atoms with Gasteiger partial charge in [-0.2, -0.15) is 0 Å². The predicted octanol–water partition coefficient (Wildman–Crippen LogP) is 2.74. The van der Waals surface area contributed by atoms with E-state index in [1.54, 1.807) is 0 Å². The molecule has 28 heavy (non-hydrogen) atoms. The molecule has 1 aromatic heterocycles. The van der Waals surface area contributed by atoms with Gasteiger partial charge in [0, 0.05) is 19.6 Å². The SMILES string of the molecule is Cc1ccc([C@H](CNC(=O)c2cnc3ccccc3n2)N2CCOCC2)cc1. The largest absolute Gasteiger partial charge is 0.379 e. The molecule has 1 fully saturated rings. The van der Waals surface area contributed by atoms with Gasteiger partial charge in [0.15, 0.2) is 0 Å². The minimum absolute atomic E-state index is 0.0989. The van der Waals surface area contributed by atoms with Crippen molar-refractivity contribution in [2.24, 2.45) is 0 Å². The molecule has 2 aromatic carbocycles. The van der Waals surface area contributed by atoms with E-state index < -0.39 is 0 Å². The van der Waals surface area contributed by atoms with E-state index in [1.807, 2.05) is 24.3 Å². The molecule has 0 radical (unpaired) electrons. The maximum absolute atomic E-state index is 12.7. The molecule has 1 aliphatic rings. The van der Waals surface area contributed by atoms with E-state index in [1.165, 1.54) is 17.3 Å². The number of para-hydroxylation sites is 2. The Bertz CT molecular complexity index is 952. The fourth-order valence-corrected chi connectivity index (χ4v) is 3.48. The van der Waals surface area contributed by atoms with E-state index in [4.69, 9.17) is 4.74 Å². The number of ether oxygens (including phenoxy) is 1. The van der Waals surface area contributed by atoms with Gasteiger partial charge in [-0.1, -0.05) is 42.0 Å². The van der Waals surface area contributed by atoms with Crippen LogP contribution in [0.15, 0.2) is 54.7 Å². The molecule has 1 aliphatic heterocycles. The molecule has 144 valence electrons. The second-order valence-corrected chi connectivity index (χ2v) is 7.03. The summed E-state index contributed by atoms with van der Waals surface area (Å²) in [5.41, 5.74) is 4.25. The van der Waals surface area contributed by atoms with Gasteiger partial charge in [0.05, 0.1) is 36.5 Å². The molecule has 0 unspecified atom stereocenters. The van der Waals surface area contributed by atoms with Crippen LogP contribution < -0.4 is 5.32 Å². The Hall–Kier alpha value is -2.83. The van der Waals surface area contributed by atoms with Gasteiger partial charge in [-0.15, -0.1) is 0 Å². The number of hydrogen-bond donors (Lipinski definition) is 1. The number of nitrogens with zero attached hydrogens (tertiary/aromatic N) is 3. The predicted molar refractivity (Wildman–Crippen MR) is 108 cm³/mol. The molecule has 0 bridgehead atoms. The van der Waals surface area contributed by atoms with Crippen LogP contribution in [0.1, 0.15) is 27.7 Å². The molecular weight excluding hydrogens is 352 g/mol. The van der Waals surface area contributed by atoms with Crippen molar-refractivity contribution < 1.29 is 9.53 Å².